The van der Waals surface area contributed by atoms with Gasteiger partial charge in [0.05, 0.1) is 0 Å². The molecule has 0 unspecified atom stereocenters. The van der Waals surface area contributed by atoms with Gasteiger partial charge in [0.25, 0.3) is 0 Å². The fourth-order valence-corrected chi connectivity index (χ4v) is 0.719. The Balaban J connectivity index is 3.00. The highest BCUT2D eigenvalue weighted by Crippen LogP contribution is 2.21. The van der Waals surface area contributed by atoms with Crippen molar-refractivity contribution >= 4 is 5.69 Å². The summed E-state index contributed by atoms with van der Waals surface area (Å²) in [6.07, 6.45) is 0. The molecule has 0 radical (unpaired) electrons. The van der Waals surface area contributed by atoms with Crippen LogP contribution in [-0.4, -0.2) is 19.1 Å². The van der Waals surface area contributed by atoms with Crippen molar-refractivity contribution in [3.8, 4) is 0 Å². The van der Waals surface area contributed by atoms with E-state index in [4.69, 9.17) is 0 Å². The van der Waals surface area contributed by atoms with E-state index in [1.165, 1.54) is 11.1 Å². The van der Waals surface area contributed by atoms with Crippen molar-refractivity contribution in [3.63, 3.8) is 0 Å². The lowest BCUT2D eigenvalue weighted by molar-refractivity contribution is 0.405. The monoisotopic (exact) mass is 185 g/mol. The van der Waals surface area contributed by atoms with Crippen molar-refractivity contribution in [1.29, 1.82) is 0 Å². The second kappa shape index (κ2) is 3.93. The minimum absolute atomic E-state index is 0.365. The zero-order valence-corrected chi connectivity index (χ0v) is 7.33. The fourth-order valence-electron chi connectivity index (χ4n) is 0.719. The van der Waals surface area contributed by atoms with Crippen LogP contribution < -0.4 is 0 Å². The molecule has 0 atom stereocenters. The number of hydrogen-bond donors (Lipinski definition) is 0. The molecule has 0 aliphatic carbocycles. The lowest BCUT2D eigenvalue weighted by atomic mass is 10.3. The van der Waals surface area contributed by atoms with Gasteiger partial charge in [-0.15, -0.1) is 5.11 Å². The molecule has 0 bridgehead atoms. The number of benzene rings is 1. The Hall–Kier alpha value is -1.52. The first-order chi connectivity index (χ1) is 6.11. The third-order valence-electron chi connectivity index (χ3n) is 1.26. The predicted octanol–water partition coefficient (Wildman–Crippen LogP) is 2.53. The second-order valence-electron chi connectivity index (χ2n) is 2.61. The van der Waals surface area contributed by atoms with Gasteiger partial charge in [-0.2, -0.15) is 0 Å². The van der Waals surface area contributed by atoms with E-state index >= 15 is 0 Å². The van der Waals surface area contributed by atoms with Gasteiger partial charge in [-0.05, 0) is 12.1 Å². The summed E-state index contributed by atoms with van der Waals surface area (Å²) in [7, 11) is 3.23. The molecule has 0 N–H and O–H groups in total. The first-order valence-corrected chi connectivity index (χ1v) is 3.64. The highest BCUT2D eigenvalue weighted by molar-refractivity contribution is 5.38. The van der Waals surface area contributed by atoms with Crippen molar-refractivity contribution < 1.29 is 8.78 Å². The zero-order valence-electron chi connectivity index (χ0n) is 7.33. The zero-order chi connectivity index (χ0) is 9.84. The van der Waals surface area contributed by atoms with Crippen LogP contribution in [0, 0.1) is 11.6 Å². The molecule has 0 amide bonds. The van der Waals surface area contributed by atoms with Crippen molar-refractivity contribution in [2.45, 2.75) is 0 Å². The normalized spacial score (nSPS) is 10.8. The van der Waals surface area contributed by atoms with Crippen LogP contribution >= 0.6 is 0 Å². The Bertz CT molecular complexity index is 303. The number of halogens is 2. The predicted molar refractivity (Wildman–Crippen MR) is 44.6 cm³/mol. The summed E-state index contributed by atoms with van der Waals surface area (Å²) in [4.78, 5) is 0. The molecule has 1 aromatic carbocycles. The quantitative estimate of drug-likeness (QED) is 0.514. The molecule has 3 nitrogen and oxygen atoms in total. The maximum absolute atomic E-state index is 12.9. The average Bonchev–Trinajstić information content (AvgIpc) is 2.03. The molecule has 0 fully saturated rings. The third kappa shape index (κ3) is 2.47. The van der Waals surface area contributed by atoms with E-state index in [2.05, 4.69) is 10.3 Å². The largest absolute Gasteiger partial charge is 0.285 e. The summed E-state index contributed by atoms with van der Waals surface area (Å²) in [6.45, 7) is 0. The van der Waals surface area contributed by atoms with E-state index in [9.17, 15) is 8.78 Å². The second-order valence-corrected chi connectivity index (χ2v) is 2.61. The van der Waals surface area contributed by atoms with Crippen LogP contribution in [0.15, 0.2) is 28.5 Å². The number of nitrogens with zero attached hydrogens (tertiary/aromatic N) is 3. The Morgan fingerprint density at radius 3 is 2.15 bits per heavy atom. The summed E-state index contributed by atoms with van der Waals surface area (Å²) < 4.78 is 25.8. The van der Waals surface area contributed by atoms with Crippen LogP contribution in [0.2, 0.25) is 0 Å². The molecule has 5 heteroatoms. The molecule has 1 rings (SSSR count). The molecule has 0 saturated heterocycles. The molecule has 1 aromatic rings. The van der Waals surface area contributed by atoms with Crippen LogP contribution in [0.5, 0.6) is 0 Å². The van der Waals surface area contributed by atoms with Gasteiger partial charge in [-0.25, -0.2) is 8.78 Å². The van der Waals surface area contributed by atoms with E-state index < -0.39 is 11.6 Å². The number of rotatable bonds is 2. The van der Waals surface area contributed by atoms with E-state index in [1.807, 2.05) is 0 Å². The van der Waals surface area contributed by atoms with Crippen LogP contribution in [0.1, 0.15) is 0 Å². The van der Waals surface area contributed by atoms with Crippen molar-refractivity contribution in [2.24, 2.45) is 10.3 Å². The molecule has 70 valence electrons. The standard InChI is InChI=1S/C8H9F2N3/c1-13(2)12-11-8-6(9)4-3-5-7(8)10/h3-5H,1-2H3. The molecule has 0 aliphatic heterocycles. The summed E-state index contributed by atoms with van der Waals surface area (Å²) in [6, 6.07) is 3.54. The van der Waals surface area contributed by atoms with Gasteiger partial charge in [0, 0.05) is 14.1 Å². The fraction of sp³-hybridized carbons (Fsp3) is 0.250. The number of hydrogen-bond acceptors (Lipinski definition) is 2. The van der Waals surface area contributed by atoms with Crippen LogP contribution in [0.3, 0.4) is 0 Å². The molecular weight excluding hydrogens is 176 g/mol. The maximum Gasteiger partial charge on any atom is 0.159 e. The molecule has 13 heavy (non-hydrogen) atoms. The molecule has 0 aromatic heterocycles. The van der Waals surface area contributed by atoms with E-state index in [1.54, 1.807) is 14.1 Å². The van der Waals surface area contributed by atoms with Gasteiger partial charge in [0.1, 0.15) is 0 Å². The summed E-state index contributed by atoms with van der Waals surface area (Å²) in [5, 5.41) is 8.25. The van der Waals surface area contributed by atoms with Crippen LogP contribution in [0.4, 0.5) is 14.5 Å². The van der Waals surface area contributed by atoms with Gasteiger partial charge in [-0.1, -0.05) is 11.3 Å². The molecular formula is C8H9F2N3. The van der Waals surface area contributed by atoms with Gasteiger partial charge >= 0.3 is 0 Å². The topological polar surface area (TPSA) is 28.0 Å². The van der Waals surface area contributed by atoms with Crippen LogP contribution in [-0.2, 0) is 0 Å². The van der Waals surface area contributed by atoms with Crippen molar-refractivity contribution in [2.75, 3.05) is 14.1 Å². The highest BCUT2D eigenvalue weighted by Gasteiger charge is 2.06. The lowest BCUT2D eigenvalue weighted by Gasteiger charge is -2.01. The Morgan fingerprint density at radius 1 is 1.15 bits per heavy atom. The Kier molecular flexibility index (Phi) is 2.89. The molecule has 0 heterocycles. The Morgan fingerprint density at radius 2 is 1.69 bits per heavy atom. The van der Waals surface area contributed by atoms with Gasteiger partial charge < -0.3 is 0 Å². The molecule has 0 aliphatic rings. The molecule has 0 spiro atoms. The average molecular weight is 185 g/mol. The molecule has 0 saturated carbocycles. The maximum atomic E-state index is 12.9. The Labute approximate surface area is 74.7 Å². The minimum atomic E-state index is -0.717. The lowest BCUT2D eigenvalue weighted by Crippen LogP contribution is -1.99. The van der Waals surface area contributed by atoms with E-state index in [-0.39, 0.29) is 5.69 Å². The SMILES string of the molecule is CN(C)N=Nc1c(F)cccc1F. The summed E-state index contributed by atoms with van der Waals surface area (Å²) in [5.41, 5.74) is -0.365. The van der Waals surface area contributed by atoms with Crippen LogP contribution in [0.25, 0.3) is 0 Å². The van der Waals surface area contributed by atoms with Gasteiger partial charge in [0.2, 0.25) is 0 Å². The first kappa shape index (κ1) is 9.57. The summed E-state index contributed by atoms with van der Waals surface area (Å²) >= 11 is 0. The van der Waals surface area contributed by atoms with Crippen molar-refractivity contribution in [3.05, 3.63) is 29.8 Å². The summed E-state index contributed by atoms with van der Waals surface area (Å²) in [5.74, 6) is -1.43. The van der Waals surface area contributed by atoms with Crippen molar-refractivity contribution in [1.82, 2.24) is 5.01 Å². The first-order valence-electron chi connectivity index (χ1n) is 3.64. The highest BCUT2D eigenvalue weighted by atomic mass is 19.1. The smallest absolute Gasteiger partial charge is 0.159 e. The third-order valence-corrected chi connectivity index (χ3v) is 1.26. The van der Waals surface area contributed by atoms with E-state index in [0.717, 1.165) is 12.1 Å². The minimum Gasteiger partial charge on any atom is -0.285 e. The van der Waals surface area contributed by atoms with Gasteiger partial charge in [-0.3, -0.25) is 5.01 Å². The van der Waals surface area contributed by atoms with E-state index in [0.29, 0.717) is 0 Å². The van der Waals surface area contributed by atoms with Gasteiger partial charge in [0.15, 0.2) is 17.3 Å².